The van der Waals surface area contributed by atoms with Crippen molar-refractivity contribution in [1.29, 1.82) is 0 Å². The van der Waals surface area contributed by atoms with Crippen molar-refractivity contribution in [3.63, 3.8) is 0 Å². The molecule has 0 amide bonds. The van der Waals surface area contributed by atoms with Crippen molar-refractivity contribution in [2.45, 2.75) is 58.0 Å². The number of allylic oxidation sites excluding steroid dienone is 1. The van der Waals surface area contributed by atoms with Crippen LogP contribution < -0.4 is 0 Å². The molecule has 0 unspecified atom stereocenters. The first-order valence-corrected chi connectivity index (χ1v) is 10.1. The molecule has 0 radical (unpaired) electrons. The number of hydrogen-bond donors (Lipinski definition) is 1. The monoisotopic (exact) mass is 292 g/mol. The molecule has 0 bridgehead atoms. The number of aliphatic hydroxyl groups excluding tert-OH is 1. The fraction of sp³-hybridized carbons (Fsp3) is 0.529. The lowest BCUT2D eigenvalue weighted by Crippen LogP contribution is -2.44. The largest absolute Gasteiger partial charge is 0.408 e. The van der Waals surface area contributed by atoms with E-state index in [4.69, 9.17) is 4.43 Å². The van der Waals surface area contributed by atoms with Crippen LogP contribution in [0.1, 0.15) is 39.4 Å². The van der Waals surface area contributed by atoms with Gasteiger partial charge >= 0.3 is 0 Å². The van der Waals surface area contributed by atoms with Gasteiger partial charge in [0.15, 0.2) is 8.32 Å². The molecule has 0 aromatic heterocycles. The van der Waals surface area contributed by atoms with Crippen LogP contribution >= 0.6 is 0 Å². The summed E-state index contributed by atoms with van der Waals surface area (Å²) in [6.07, 6.45) is 2.99. The van der Waals surface area contributed by atoms with Gasteiger partial charge in [-0.3, -0.25) is 0 Å². The highest BCUT2D eigenvalue weighted by atomic mass is 28.4. The van der Waals surface area contributed by atoms with Crippen molar-refractivity contribution in [2.75, 3.05) is 0 Å². The second kappa shape index (κ2) is 6.70. The van der Waals surface area contributed by atoms with Gasteiger partial charge in [-0.1, -0.05) is 63.3 Å². The Kier molecular flexibility index (Phi) is 5.75. The van der Waals surface area contributed by atoms with Gasteiger partial charge < -0.3 is 9.53 Å². The van der Waals surface area contributed by atoms with E-state index in [2.05, 4.69) is 33.9 Å². The van der Waals surface area contributed by atoms with Crippen molar-refractivity contribution < 1.29 is 9.53 Å². The van der Waals surface area contributed by atoms with Crippen LogP contribution in [0.25, 0.3) is 0 Å². The summed E-state index contributed by atoms with van der Waals surface area (Å²) in [6, 6.07) is 9.72. The Morgan fingerprint density at radius 2 is 1.70 bits per heavy atom. The number of benzene rings is 1. The van der Waals surface area contributed by atoms with Crippen LogP contribution in [0, 0.1) is 0 Å². The Morgan fingerprint density at radius 3 is 2.15 bits per heavy atom. The third-order valence-electron chi connectivity index (χ3n) is 4.07. The van der Waals surface area contributed by atoms with Gasteiger partial charge in [0.25, 0.3) is 0 Å². The van der Waals surface area contributed by atoms with Gasteiger partial charge in [-0.25, -0.2) is 0 Å². The minimum Gasteiger partial charge on any atom is -0.408 e. The van der Waals surface area contributed by atoms with Crippen molar-refractivity contribution in [3.05, 3.63) is 48.0 Å². The SMILES string of the molecule is C/C=C/[C@H](O[Si](C)(C)C(C)(C)C)[C@H](O)c1ccccc1. The van der Waals surface area contributed by atoms with Crippen LogP contribution in [0.5, 0.6) is 0 Å². The first kappa shape index (κ1) is 17.1. The fourth-order valence-electron chi connectivity index (χ4n) is 1.76. The third-order valence-corrected chi connectivity index (χ3v) is 8.55. The summed E-state index contributed by atoms with van der Waals surface area (Å²) in [7, 11) is -1.91. The lowest BCUT2D eigenvalue weighted by molar-refractivity contribution is 0.0550. The quantitative estimate of drug-likeness (QED) is 0.630. The maximum absolute atomic E-state index is 10.6. The van der Waals surface area contributed by atoms with E-state index in [-0.39, 0.29) is 11.1 Å². The molecule has 0 aliphatic rings. The lowest BCUT2D eigenvalue weighted by Gasteiger charge is -2.39. The van der Waals surface area contributed by atoms with E-state index in [9.17, 15) is 5.11 Å². The summed E-state index contributed by atoms with van der Waals surface area (Å²) in [5.74, 6) is 0. The summed E-state index contributed by atoms with van der Waals surface area (Å²) in [5, 5.41) is 10.7. The van der Waals surface area contributed by atoms with E-state index < -0.39 is 14.4 Å². The Hall–Kier alpha value is -0.903. The molecule has 0 aliphatic heterocycles. The molecule has 0 saturated heterocycles. The molecule has 0 spiro atoms. The van der Waals surface area contributed by atoms with Gasteiger partial charge in [0.05, 0.1) is 6.10 Å². The van der Waals surface area contributed by atoms with Crippen molar-refractivity contribution in [2.24, 2.45) is 0 Å². The Bertz CT molecular complexity index is 432. The average molecular weight is 292 g/mol. The van der Waals surface area contributed by atoms with Gasteiger partial charge in [0.2, 0.25) is 0 Å². The molecule has 1 aromatic rings. The van der Waals surface area contributed by atoms with Crippen molar-refractivity contribution >= 4 is 8.32 Å². The van der Waals surface area contributed by atoms with Gasteiger partial charge in [-0.2, -0.15) is 0 Å². The predicted octanol–water partition coefficient (Wildman–Crippen LogP) is 4.69. The summed E-state index contributed by atoms with van der Waals surface area (Å²) in [6.45, 7) is 13.0. The second-order valence-corrected chi connectivity index (χ2v) is 11.5. The van der Waals surface area contributed by atoms with Crippen LogP contribution in [0.2, 0.25) is 18.1 Å². The molecule has 0 aliphatic carbocycles. The zero-order valence-electron chi connectivity index (χ0n) is 13.6. The molecule has 3 heteroatoms. The van der Waals surface area contributed by atoms with Crippen LogP contribution in [0.3, 0.4) is 0 Å². The molecule has 112 valence electrons. The minimum atomic E-state index is -1.91. The van der Waals surface area contributed by atoms with E-state index in [0.717, 1.165) is 5.56 Å². The van der Waals surface area contributed by atoms with Crippen molar-refractivity contribution in [1.82, 2.24) is 0 Å². The Balaban J connectivity index is 2.96. The van der Waals surface area contributed by atoms with Crippen molar-refractivity contribution in [3.8, 4) is 0 Å². The maximum atomic E-state index is 10.6. The fourth-order valence-corrected chi connectivity index (χ4v) is 3.00. The Morgan fingerprint density at radius 1 is 1.15 bits per heavy atom. The topological polar surface area (TPSA) is 29.5 Å². The van der Waals surface area contributed by atoms with E-state index in [1.165, 1.54) is 0 Å². The summed E-state index contributed by atoms with van der Waals surface area (Å²) in [5.41, 5.74) is 0.898. The predicted molar refractivity (Wildman–Crippen MR) is 88.3 cm³/mol. The lowest BCUT2D eigenvalue weighted by atomic mass is 10.0. The standard InChI is InChI=1S/C17H28O2Si/c1-7-11-15(19-20(5,6)17(2,3)4)16(18)14-12-9-8-10-13-14/h7-13,15-16,18H,1-6H3/b11-7+/t15-,16+/m0/s1. The molecule has 20 heavy (non-hydrogen) atoms. The highest BCUT2D eigenvalue weighted by molar-refractivity contribution is 6.74. The third kappa shape index (κ3) is 4.30. The summed E-state index contributed by atoms with van der Waals surface area (Å²) in [4.78, 5) is 0. The number of aliphatic hydroxyl groups is 1. The van der Waals surface area contributed by atoms with E-state index in [0.29, 0.717) is 0 Å². The average Bonchev–Trinajstić information content (AvgIpc) is 2.37. The van der Waals surface area contributed by atoms with Gasteiger partial charge in [0, 0.05) is 0 Å². The summed E-state index contributed by atoms with van der Waals surface area (Å²) < 4.78 is 6.36. The highest BCUT2D eigenvalue weighted by Gasteiger charge is 2.40. The zero-order valence-corrected chi connectivity index (χ0v) is 14.6. The minimum absolute atomic E-state index is 0.128. The molecule has 1 aromatic carbocycles. The first-order chi connectivity index (χ1) is 9.19. The van der Waals surface area contributed by atoms with E-state index >= 15 is 0 Å². The van der Waals surface area contributed by atoms with Gasteiger partial charge in [0.1, 0.15) is 6.10 Å². The molecule has 2 atom stereocenters. The van der Waals surface area contributed by atoms with Crippen LogP contribution in [-0.4, -0.2) is 19.5 Å². The summed E-state index contributed by atoms with van der Waals surface area (Å²) >= 11 is 0. The zero-order chi connectivity index (χ0) is 15.4. The molecule has 0 fully saturated rings. The van der Waals surface area contributed by atoms with Gasteiger partial charge in [-0.05, 0) is 30.6 Å². The Labute approximate surface area is 124 Å². The van der Waals surface area contributed by atoms with E-state index in [1.807, 2.05) is 49.4 Å². The number of hydrogen-bond acceptors (Lipinski definition) is 2. The molecule has 0 heterocycles. The maximum Gasteiger partial charge on any atom is 0.193 e. The highest BCUT2D eigenvalue weighted by Crippen LogP contribution is 2.39. The van der Waals surface area contributed by atoms with Crippen LogP contribution in [0.15, 0.2) is 42.5 Å². The van der Waals surface area contributed by atoms with E-state index in [1.54, 1.807) is 0 Å². The molecule has 1 N–H and O–H groups in total. The molecule has 0 saturated carbocycles. The van der Waals surface area contributed by atoms with Crippen LogP contribution in [-0.2, 0) is 4.43 Å². The first-order valence-electron chi connectivity index (χ1n) is 7.22. The molecular weight excluding hydrogens is 264 g/mol. The van der Waals surface area contributed by atoms with Crippen LogP contribution in [0.4, 0.5) is 0 Å². The molecule has 1 rings (SSSR count). The van der Waals surface area contributed by atoms with Gasteiger partial charge in [-0.15, -0.1) is 0 Å². The molecular formula is C17H28O2Si. The molecule has 2 nitrogen and oxygen atoms in total. The number of rotatable bonds is 5. The smallest absolute Gasteiger partial charge is 0.193 e. The second-order valence-electron chi connectivity index (χ2n) is 6.72. The normalized spacial score (nSPS) is 16.4.